The molecule has 120 valence electrons. The van der Waals surface area contributed by atoms with Gasteiger partial charge in [0.25, 0.3) is 5.91 Å². The van der Waals surface area contributed by atoms with Crippen LogP contribution < -0.4 is 10.9 Å². The molecule has 2 saturated heterocycles. The van der Waals surface area contributed by atoms with Crippen molar-refractivity contribution in [3.05, 3.63) is 46.2 Å². The fraction of sp³-hybridized carbons (Fsp3) is 0.444. The molecule has 2 aliphatic heterocycles. The standard InChI is InChI=1S/C18H21N3O2/c22-16-11-14(13-3-1-2-4-15(13)20-16)17(23)21-9-6-18(7-10-21)5-8-19-12-18/h1-4,11,19H,5-10,12H2,(H,20,22). The van der Waals surface area contributed by atoms with Crippen LogP contribution >= 0.6 is 0 Å². The first-order valence-corrected chi connectivity index (χ1v) is 8.29. The predicted molar refractivity (Wildman–Crippen MR) is 89.6 cm³/mol. The van der Waals surface area contributed by atoms with Crippen LogP contribution in [0.5, 0.6) is 0 Å². The number of aromatic amines is 1. The predicted octanol–water partition coefficient (Wildman–Crippen LogP) is 1.74. The van der Waals surface area contributed by atoms with Gasteiger partial charge < -0.3 is 15.2 Å². The van der Waals surface area contributed by atoms with Crippen LogP contribution in [-0.2, 0) is 0 Å². The average Bonchev–Trinajstić information content (AvgIpc) is 3.02. The Hall–Kier alpha value is -2.14. The third kappa shape index (κ3) is 2.55. The second-order valence-electron chi connectivity index (χ2n) is 6.81. The van der Waals surface area contributed by atoms with Crippen LogP contribution in [0.4, 0.5) is 0 Å². The first kappa shape index (κ1) is 14.5. The Morgan fingerprint density at radius 3 is 2.65 bits per heavy atom. The van der Waals surface area contributed by atoms with Crippen molar-refractivity contribution in [3.63, 3.8) is 0 Å². The quantitative estimate of drug-likeness (QED) is 0.843. The lowest BCUT2D eigenvalue weighted by molar-refractivity contribution is 0.0609. The molecule has 2 N–H and O–H groups in total. The summed E-state index contributed by atoms with van der Waals surface area (Å²) >= 11 is 0. The van der Waals surface area contributed by atoms with E-state index < -0.39 is 0 Å². The summed E-state index contributed by atoms with van der Waals surface area (Å²) in [6.45, 7) is 3.72. The smallest absolute Gasteiger partial charge is 0.254 e. The molecule has 1 aromatic heterocycles. The molecule has 23 heavy (non-hydrogen) atoms. The highest BCUT2D eigenvalue weighted by atomic mass is 16.2. The van der Waals surface area contributed by atoms with Gasteiger partial charge in [0.05, 0.1) is 5.56 Å². The van der Waals surface area contributed by atoms with Crippen molar-refractivity contribution in [1.82, 2.24) is 15.2 Å². The summed E-state index contributed by atoms with van der Waals surface area (Å²) in [5, 5.41) is 4.26. The van der Waals surface area contributed by atoms with E-state index in [-0.39, 0.29) is 11.5 Å². The SMILES string of the molecule is O=C(c1cc(=O)[nH]c2ccccc12)N1CCC2(CCNC2)CC1. The van der Waals surface area contributed by atoms with Crippen LogP contribution in [0.2, 0.25) is 0 Å². The molecule has 4 rings (SSSR count). The number of pyridine rings is 1. The first-order valence-electron chi connectivity index (χ1n) is 8.29. The van der Waals surface area contributed by atoms with Gasteiger partial charge in [-0.3, -0.25) is 9.59 Å². The number of carbonyl (C=O) groups excluding carboxylic acids is 1. The van der Waals surface area contributed by atoms with Crippen molar-refractivity contribution >= 4 is 16.8 Å². The molecule has 2 fully saturated rings. The average molecular weight is 311 g/mol. The minimum Gasteiger partial charge on any atom is -0.339 e. The Bertz CT molecular complexity index is 795. The topological polar surface area (TPSA) is 65.2 Å². The van der Waals surface area contributed by atoms with Gasteiger partial charge in [-0.25, -0.2) is 0 Å². The van der Waals surface area contributed by atoms with Gasteiger partial charge in [-0.15, -0.1) is 0 Å². The lowest BCUT2D eigenvalue weighted by Crippen LogP contribution is -2.44. The molecule has 1 amide bonds. The molecule has 2 aliphatic rings. The van der Waals surface area contributed by atoms with E-state index in [1.54, 1.807) is 0 Å². The molecule has 0 atom stereocenters. The Morgan fingerprint density at radius 1 is 1.13 bits per heavy atom. The van der Waals surface area contributed by atoms with Gasteiger partial charge in [0.2, 0.25) is 5.56 Å². The first-order chi connectivity index (χ1) is 11.2. The third-order valence-electron chi connectivity index (χ3n) is 5.42. The summed E-state index contributed by atoms with van der Waals surface area (Å²) in [6.07, 6.45) is 3.31. The normalized spacial score (nSPS) is 20.3. The number of nitrogens with zero attached hydrogens (tertiary/aromatic N) is 1. The van der Waals surface area contributed by atoms with Gasteiger partial charge >= 0.3 is 0 Å². The highest BCUT2D eigenvalue weighted by Crippen LogP contribution is 2.37. The molecule has 5 nitrogen and oxygen atoms in total. The van der Waals surface area contributed by atoms with Crippen molar-refractivity contribution in [2.24, 2.45) is 5.41 Å². The molecule has 0 unspecified atom stereocenters. The Morgan fingerprint density at radius 2 is 1.91 bits per heavy atom. The fourth-order valence-electron chi connectivity index (χ4n) is 3.96. The molecule has 3 heterocycles. The molecule has 1 aromatic carbocycles. The number of para-hydroxylation sites is 1. The van der Waals surface area contributed by atoms with E-state index in [2.05, 4.69) is 10.3 Å². The number of likely N-dealkylation sites (tertiary alicyclic amines) is 1. The number of fused-ring (bicyclic) bond motifs is 1. The van der Waals surface area contributed by atoms with Crippen LogP contribution in [0.1, 0.15) is 29.6 Å². The zero-order chi connectivity index (χ0) is 15.9. The van der Waals surface area contributed by atoms with Gasteiger partial charge in [0.1, 0.15) is 0 Å². The number of hydrogen-bond donors (Lipinski definition) is 2. The number of carbonyl (C=O) groups is 1. The molecule has 2 aromatic rings. The van der Waals surface area contributed by atoms with Gasteiger partial charge in [-0.1, -0.05) is 18.2 Å². The Kier molecular flexibility index (Phi) is 3.45. The van der Waals surface area contributed by atoms with Crippen LogP contribution in [0.15, 0.2) is 35.1 Å². The second kappa shape index (κ2) is 5.49. The number of rotatable bonds is 1. The van der Waals surface area contributed by atoms with Crippen LogP contribution in [0.25, 0.3) is 10.9 Å². The lowest BCUT2D eigenvalue weighted by Gasteiger charge is -2.39. The van der Waals surface area contributed by atoms with Gasteiger partial charge in [0, 0.05) is 36.6 Å². The second-order valence-corrected chi connectivity index (χ2v) is 6.81. The van der Waals surface area contributed by atoms with Crippen LogP contribution in [0.3, 0.4) is 0 Å². The van der Waals surface area contributed by atoms with E-state index in [1.165, 1.54) is 12.5 Å². The lowest BCUT2D eigenvalue weighted by atomic mass is 9.77. The van der Waals surface area contributed by atoms with Gasteiger partial charge in [0.15, 0.2) is 0 Å². The molecule has 1 spiro atoms. The molecule has 0 saturated carbocycles. The van der Waals surface area contributed by atoms with E-state index in [0.717, 1.165) is 49.9 Å². The fourth-order valence-corrected chi connectivity index (χ4v) is 3.96. The molecular weight excluding hydrogens is 290 g/mol. The maximum absolute atomic E-state index is 12.9. The summed E-state index contributed by atoms with van der Waals surface area (Å²) in [6, 6.07) is 8.93. The van der Waals surface area contributed by atoms with E-state index in [9.17, 15) is 9.59 Å². The van der Waals surface area contributed by atoms with E-state index >= 15 is 0 Å². The molecule has 0 bridgehead atoms. The summed E-state index contributed by atoms with van der Waals surface area (Å²) in [5.41, 5.74) is 1.40. The van der Waals surface area contributed by atoms with Gasteiger partial charge in [-0.05, 0) is 37.3 Å². The molecule has 0 radical (unpaired) electrons. The number of aromatic nitrogens is 1. The van der Waals surface area contributed by atoms with E-state index in [1.807, 2.05) is 29.2 Å². The van der Waals surface area contributed by atoms with Crippen LogP contribution in [-0.4, -0.2) is 42.0 Å². The Balaban J connectivity index is 1.61. The summed E-state index contributed by atoms with van der Waals surface area (Å²) in [4.78, 5) is 29.5. The van der Waals surface area contributed by atoms with E-state index in [0.29, 0.717) is 11.0 Å². The van der Waals surface area contributed by atoms with Crippen molar-refractivity contribution in [1.29, 1.82) is 0 Å². The zero-order valence-electron chi connectivity index (χ0n) is 13.1. The monoisotopic (exact) mass is 311 g/mol. The van der Waals surface area contributed by atoms with Gasteiger partial charge in [-0.2, -0.15) is 0 Å². The molecule has 0 aliphatic carbocycles. The Labute approximate surface area is 134 Å². The largest absolute Gasteiger partial charge is 0.339 e. The van der Waals surface area contributed by atoms with Crippen molar-refractivity contribution in [2.45, 2.75) is 19.3 Å². The number of H-pyrrole nitrogens is 1. The van der Waals surface area contributed by atoms with Crippen molar-refractivity contribution in [2.75, 3.05) is 26.2 Å². The number of piperidine rings is 1. The molecular formula is C18H21N3O2. The highest BCUT2D eigenvalue weighted by Gasteiger charge is 2.38. The number of hydrogen-bond acceptors (Lipinski definition) is 3. The highest BCUT2D eigenvalue weighted by molar-refractivity contribution is 6.05. The van der Waals surface area contributed by atoms with Crippen LogP contribution in [0, 0.1) is 5.41 Å². The van der Waals surface area contributed by atoms with E-state index in [4.69, 9.17) is 0 Å². The zero-order valence-corrected chi connectivity index (χ0v) is 13.1. The van der Waals surface area contributed by atoms with Crippen molar-refractivity contribution < 1.29 is 4.79 Å². The maximum Gasteiger partial charge on any atom is 0.254 e. The van der Waals surface area contributed by atoms with Crippen molar-refractivity contribution in [3.8, 4) is 0 Å². The third-order valence-corrected chi connectivity index (χ3v) is 5.42. The number of benzene rings is 1. The summed E-state index contributed by atoms with van der Waals surface area (Å²) in [5.74, 6) is -0.0203. The minimum atomic E-state index is -0.222. The summed E-state index contributed by atoms with van der Waals surface area (Å²) in [7, 11) is 0. The minimum absolute atomic E-state index is 0.0203. The molecule has 5 heteroatoms. The summed E-state index contributed by atoms with van der Waals surface area (Å²) < 4.78 is 0. The number of nitrogens with one attached hydrogen (secondary N) is 2. The maximum atomic E-state index is 12.9. The number of amides is 1.